The van der Waals surface area contributed by atoms with E-state index in [0.717, 1.165) is 6.92 Å². The Morgan fingerprint density at radius 3 is 2.21 bits per heavy atom. The standard InChI is InChI=1S/C31H38O8/c1-8-10-17(33)13-20-29(6)15(4)18-11-9-12-19(34)22(18)26(36)24(29)28(38)31(39)27(37)21(16(5)32)25(35)23(14(2)3)30(20,31)7/h9,11-12,14-15,20-21,23-24,34,39H,8,10,13H2,1-7H3/t15-,20-,21?,23?,24?,29-,30-,31+/m1/s1. The number of Topliss-reactive ketones (excluding diaryl/α,β-unsaturated/α-hetero) is 6. The summed E-state index contributed by atoms with van der Waals surface area (Å²) >= 11 is 0. The van der Waals surface area contributed by atoms with Crippen molar-refractivity contribution in [2.75, 3.05) is 0 Å². The van der Waals surface area contributed by atoms with Crippen LogP contribution in [0.5, 0.6) is 5.75 Å². The van der Waals surface area contributed by atoms with Gasteiger partial charge in [0.1, 0.15) is 23.2 Å². The van der Waals surface area contributed by atoms with Crippen molar-refractivity contribution in [1.29, 1.82) is 0 Å². The van der Waals surface area contributed by atoms with Crippen molar-refractivity contribution in [1.82, 2.24) is 0 Å². The highest BCUT2D eigenvalue weighted by Crippen LogP contribution is 2.70. The summed E-state index contributed by atoms with van der Waals surface area (Å²) in [5.41, 5.74) is -5.45. The van der Waals surface area contributed by atoms with Gasteiger partial charge in [0, 0.05) is 24.2 Å². The van der Waals surface area contributed by atoms with E-state index in [9.17, 15) is 39.0 Å². The van der Waals surface area contributed by atoms with E-state index >= 15 is 0 Å². The summed E-state index contributed by atoms with van der Waals surface area (Å²) in [7, 11) is 0. The maximum atomic E-state index is 14.5. The van der Waals surface area contributed by atoms with Gasteiger partial charge >= 0.3 is 0 Å². The van der Waals surface area contributed by atoms with E-state index in [1.807, 2.05) is 13.8 Å². The molecule has 3 aliphatic carbocycles. The van der Waals surface area contributed by atoms with E-state index in [1.54, 1.807) is 32.9 Å². The highest BCUT2D eigenvalue weighted by molar-refractivity contribution is 6.32. The largest absolute Gasteiger partial charge is 0.507 e. The maximum Gasteiger partial charge on any atom is 0.190 e. The molecule has 0 heterocycles. The second-order valence-corrected chi connectivity index (χ2v) is 12.6. The van der Waals surface area contributed by atoms with Gasteiger partial charge in [-0.25, -0.2) is 0 Å². The van der Waals surface area contributed by atoms with Crippen molar-refractivity contribution in [3.63, 3.8) is 0 Å². The van der Waals surface area contributed by atoms with E-state index in [2.05, 4.69) is 0 Å². The predicted molar refractivity (Wildman–Crippen MR) is 141 cm³/mol. The van der Waals surface area contributed by atoms with Gasteiger partial charge in [-0.3, -0.25) is 28.8 Å². The smallest absolute Gasteiger partial charge is 0.190 e. The van der Waals surface area contributed by atoms with Crippen LogP contribution in [-0.4, -0.2) is 50.5 Å². The first-order chi connectivity index (χ1) is 18.0. The molecule has 0 radical (unpaired) electrons. The number of phenols is 1. The van der Waals surface area contributed by atoms with Gasteiger partial charge in [-0.15, -0.1) is 0 Å². The first-order valence-corrected chi connectivity index (χ1v) is 13.8. The van der Waals surface area contributed by atoms with Gasteiger partial charge in [0.25, 0.3) is 0 Å². The van der Waals surface area contributed by atoms with Crippen molar-refractivity contribution < 1.29 is 39.0 Å². The van der Waals surface area contributed by atoms with Gasteiger partial charge in [-0.2, -0.15) is 0 Å². The number of aromatic hydroxyl groups is 1. The maximum absolute atomic E-state index is 14.5. The minimum absolute atomic E-state index is 0.0467. The molecule has 1 aromatic carbocycles. The molecular formula is C31H38O8. The first kappa shape index (κ1) is 29.0. The summed E-state index contributed by atoms with van der Waals surface area (Å²) in [6.07, 6.45) is 0.603. The molecule has 3 unspecified atom stereocenters. The Morgan fingerprint density at radius 1 is 1.05 bits per heavy atom. The van der Waals surface area contributed by atoms with Crippen LogP contribution in [0.15, 0.2) is 18.2 Å². The molecule has 0 spiro atoms. The van der Waals surface area contributed by atoms with Crippen molar-refractivity contribution >= 4 is 34.7 Å². The molecule has 0 aromatic heterocycles. The first-order valence-electron chi connectivity index (χ1n) is 13.8. The van der Waals surface area contributed by atoms with Gasteiger partial charge in [0.05, 0.1) is 11.5 Å². The van der Waals surface area contributed by atoms with Gasteiger partial charge < -0.3 is 10.2 Å². The molecule has 4 rings (SSSR count). The fraction of sp³-hybridized carbons (Fsp3) is 0.613. The fourth-order valence-electron chi connectivity index (χ4n) is 8.56. The monoisotopic (exact) mass is 538 g/mol. The molecule has 2 N–H and O–H groups in total. The quantitative estimate of drug-likeness (QED) is 0.523. The zero-order valence-electron chi connectivity index (χ0n) is 23.7. The van der Waals surface area contributed by atoms with Crippen LogP contribution < -0.4 is 0 Å². The number of rotatable bonds is 6. The molecule has 0 bridgehead atoms. The molecule has 210 valence electrons. The molecule has 2 saturated carbocycles. The molecule has 0 aliphatic heterocycles. The highest BCUT2D eigenvalue weighted by Gasteiger charge is 2.80. The van der Waals surface area contributed by atoms with E-state index in [1.165, 1.54) is 13.0 Å². The SMILES string of the molecule is CCCC(=O)C[C@@H]1[C@]2(C)C(C(=O)c3c(O)cccc3[C@H]2C)C(=O)[C@@]2(O)C(=O)C(C(C)=O)C(=O)C(C(C)C)[C@@]12C. The van der Waals surface area contributed by atoms with Crippen LogP contribution in [0.1, 0.15) is 89.6 Å². The van der Waals surface area contributed by atoms with Crippen LogP contribution in [0.4, 0.5) is 0 Å². The van der Waals surface area contributed by atoms with Crippen LogP contribution in [0.2, 0.25) is 0 Å². The highest BCUT2D eigenvalue weighted by atomic mass is 16.3. The molecule has 0 amide bonds. The Hall–Kier alpha value is -3.00. The number of carbonyl (C=O) groups is 6. The lowest BCUT2D eigenvalue weighted by atomic mass is 9.34. The zero-order valence-corrected chi connectivity index (χ0v) is 23.7. The minimum Gasteiger partial charge on any atom is -0.507 e. The van der Waals surface area contributed by atoms with Crippen LogP contribution in [0, 0.1) is 40.4 Å². The van der Waals surface area contributed by atoms with E-state index < -0.39 is 80.9 Å². The third kappa shape index (κ3) is 3.46. The van der Waals surface area contributed by atoms with Crippen molar-refractivity contribution in [2.24, 2.45) is 40.4 Å². The lowest BCUT2D eigenvalue weighted by Crippen LogP contribution is -2.80. The van der Waals surface area contributed by atoms with Gasteiger partial charge in [0.15, 0.2) is 28.7 Å². The van der Waals surface area contributed by atoms with E-state index in [4.69, 9.17) is 0 Å². The Labute approximate surface area is 228 Å². The van der Waals surface area contributed by atoms with Crippen LogP contribution in [-0.2, 0) is 24.0 Å². The zero-order chi connectivity index (χ0) is 29.4. The molecule has 2 fully saturated rings. The normalized spacial score (nSPS) is 37.8. The van der Waals surface area contributed by atoms with E-state index in [-0.39, 0.29) is 29.9 Å². The van der Waals surface area contributed by atoms with Gasteiger partial charge in [0.2, 0.25) is 0 Å². The third-order valence-electron chi connectivity index (χ3n) is 10.4. The number of hydrogen-bond donors (Lipinski definition) is 2. The Morgan fingerprint density at radius 2 is 1.67 bits per heavy atom. The third-order valence-corrected chi connectivity index (χ3v) is 10.4. The molecule has 8 atom stereocenters. The number of hydrogen-bond acceptors (Lipinski definition) is 8. The average Bonchev–Trinajstić information content (AvgIpc) is 2.83. The number of phenolic OH excluding ortho intramolecular Hbond substituents is 1. The van der Waals surface area contributed by atoms with Gasteiger partial charge in [-0.1, -0.05) is 53.7 Å². The number of ketones is 6. The summed E-state index contributed by atoms with van der Waals surface area (Å²) in [6, 6.07) is 4.63. The van der Waals surface area contributed by atoms with Crippen LogP contribution in [0.25, 0.3) is 0 Å². The lowest BCUT2D eigenvalue weighted by molar-refractivity contribution is -0.225. The van der Waals surface area contributed by atoms with Crippen LogP contribution >= 0.6 is 0 Å². The minimum atomic E-state index is -2.86. The average molecular weight is 539 g/mol. The van der Waals surface area contributed by atoms with Crippen molar-refractivity contribution in [3.8, 4) is 5.75 Å². The summed E-state index contributed by atoms with van der Waals surface area (Å²) in [4.78, 5) is 82.4. The number of aliphatic hydroxyl groups is 1. The van der Waals surface area contributed by atoms with Crippen molar-refractivity contribution in [3.05, 3.63) is 29.3 Å². The fourth-order valence-corrected chi connectivity index (χ4v) is 8.56. The number of benzene rings is 1. The Balaban J connectivity index is 2.13. The summed E-state index contributed by atoms with van der Waals surface area (Å²) in [5.74, 6) is -11.5. The topological polar surface area (TPSA) is 143 Å². The molecule has 0 saturated heterocycles. The molecule has 1 aromatic rings. The summed E-state index contributed by atoms with van der Waals surface area (Å²) < 4.78 is 0. The molecule has 3 aliphatic rings. The molecule has 8 heteroatoms. The van der Waals surface area contributed by atoms with E-state index in [0.29, 0.717) is 12.0 Å². The van der Waals surface area contributed by atoms with Crippen molar-refractivity contribution in [2.45, 2.75) is 79.2 Å². The van der Waals surface area contributed by atoms with Crippen LogP contribution in [0.3, 0.4) is 0 Å². The second kappa shape index (κ2) is 9.29. The molecule has 39 heavy (non-hydrogen) atoms. The second-order valence-electron chi connectivity index (χ2n) is 12.6. The Bertz CT molecular complexity index is 1310. The molecule has 8 nitrogen and oxygen atoms in total. The van der Waals surface area contributed by atoms with Gasteiger partial charge in [-0.05, 0) is 48.1 Å². The summed E-state index contributed by atoms with van der Waals surface area (Å²) in [5, 5.41) is 23.0. The number of carbonyl (C=O) groups excluding carboxylic acids is 6. The Kier molecular flexibility index (Phi) is 6.91. The molecular weight excluding hydrogens is 500 g/mol. The summed E-state index contributed by atoms with van der Waals surface area (Å²) in [6.45, 7) is 11.4. The predicted octanol–water partition coefficient (Wildman–Crippen LogP) is 3.64. The lowest BCUT2D eigenvalue weighted by Gasteiger charge is -2.67. The number of fused-ring (bicyclic) bond motifs is 3.